The molecule has 0 unspecified atom stereocenters. The number of carbonyl (C=O) groups is 1. The van der Waals surface area contributed by atoms with Gasteiger partial charge in [0.1, 0.15) is 5.52 Å². The summed E-state index contributed by atoms with van der Waals surface area (Å²) < 4.78 is 3.09. The summed E-state index contributed by atoms with van der Waals surface area (Å²) in [6.07, 6.45) is 2.97. The van der Waals surface area contributed by atoms with Gasteiger partial charge in [0, 0.05) is 7.05 Å². The predicted molar refractivity (Wildman–Crippen MR) is 64.9 cm³/mol. The number of benzene rings is 1. The largest absolute Gasteiger partial charge is 0.478 e. The number of aryl methyl sites for hydroxylation is 1. The Morgan fingerprint density at radius 2 is 2.06 bits per heavy atom. The Kier molecular flexibility index (Phi) is 2.00. The maximum atomic E-state index is 12.0. The third kappa shape index (κ3) is 1.26. The molecule has 6 nitrogen and oxygen atoms in total. The molecule has 1 N–H and O–H groups in total. The quantitative estimate of drug-likeness (QED) is 0.688. The Hall–Kier alpha value is -2.63. The number of aromatic nitrogens is 3. The first-order chi connectivity index (χ1) is 8.59. The van der Waals surface area contributed by atoms with Gasteiger partial charge in [-0.2, -0.15) is 0 Å². The molecule has 0 saturated heterocycles. The van der Waals surface area contributed by atoms with E-state index in [4.69, 9.17) is 5.11 Å². The minimum Gasteiger partial charge on any atom is -0.478 e. The van der Waals surface area contributed by atoms with Gasteiger partial charge in [-0.25, -0.2) is 9.78 Å². The lowest BCUT2D eigenvalue weighted by atomic mass is 10.2. The summed E-state index contributed by atoms with van der Waals surface area (Å²) in [5, 5.41) is 9.00. The Labute approximate surface area is 101 Å². The molecule has 0 bridgehead atoms. The van der Waals surface area contributed by atoms with Crippen molar-refractivity contribution < 1.29 is 9.90 Å². The van der Waals surface area contributed by atoms with Crippen LogP contribution in [0.2, 0.25) is 0 Å². The summed E-state index contributed by atoms with van der Waals surface area (Å²) in [4.78, 5) is 26.9. The number of imidazole rings is 1. The van der Waals surface area contributed by atoms with Crippen LogP contribution in [0.1, 0.15) is 10.4 Å². The lowest BCUT2D eigenvalue weighted by molar-refractivity contribution is 0.0697. The van der Waals surface area contributed by atoms with Crippen molar-refractivity contribution in [1.29, 1.82) is 0 Å². The molecule has 2 aromatic heterocycles. The van der Waals surface area contributed by atoms with Gasteiger partial charge in [0.2, 0.25) is 0 Å². The lowest BCUT2D eigenvalue weighted by Gasteiger charge is -2.08. The molecule has 2 heterocycles. The molecule has 6 heteroatoms. The van der Waals surface area contributed by atoms with Crippen molar-refractivity contribution in [3.8, 4) is 0 Å². The monoisotopic (exact) mass is 243 g/mol. The Morgan fingerprint density at radius 1 is 1.28 bits per heavy atom. The van der Waals surface area contributed by atoms with Gasteiger partial charge in [0.05, 0.1) is 29.1 Å². The van der Waals surface area contributed by atoms with Gasteiger partial charge in [0.15, 0.2) is 0 Å². The van der Waals surface area contributed by atoms with Crippen LogP contribution >= 0.6 is 0 Å². The highest BCUT2D eigenvalue weighted by atomic mass is 16.4. The summed E-state index contributed by atoms with van der Waals surface area (Å²) in [7, 11) is 1.65. The predicted octanol–water partition coefficient (Wildman–Crippen LogP) is 0.884. The van der Waals surface area contributed by atoms with Crippen LogP contribution in [0.3, 0.4) is 0 Å². The molecule has 0 spiro atoms. The highest BCUT2D eigenvalue weighted by Crippen LogP contribution is 2.15. The van der Waals surface area contributed by atoms with Gasteiger partial charge in [-0.1, -0.05) is 0 Å². The first kappa shape index (κ1) is 10.5. The fourth-order valence-corrected chi connectivity index (χ4v) is 2.06. The summed E-state index contributed by atoms with van der Waals surface area (Å²) in [5.41, 5.74) is 1.74. The SMILES string of the molecule is Cn1c(=O)c2cncn2c2cc(C(=O)O)ccc21. The van der Waals surface area contributed by atoms with Gasteiger partial charge in [-0.3, -0.25) is 9.20 Å². The van der Waals surface area contributed by atoms with Crippen LogP contribution in [-0.4, -0.2) is 25.0 Å². The van der Waals surface area contributed by atoms with Crippen molar-refractivity contribution >= 4 is 22.5 Å². The first-order valence-electron chi connectivity index (χ1n) is 5.27. The third-order valence-corrected chi connectivity index (χ3v) is 3.01. The van der Waals surface area contributed by atoms with E-state index in [0.717, 1.165) is 0 Å². The van der Waals surface area contributed by atoms with Crippen LogP contribution in [0.4, 0.5) is 0 Å². The number of aromatic carboxylic acids is 1. The molecule has 0 aliphatic heterocycles. The number of rotatable bonds is 1. The van der Waals surface area contributed by atoms with Gasteiger partial charge < -0.3 is 9.67 Å². The van der Waals surface area contributed by atoms with Crippen molar-refractivity contribution in [2.75, 3.05) is 0 Å². The summed E-state index contributed by atoms with van der Waals surface area (Å²) in [5.74, 6) is -1.00. The van der Waals surface area contributed by atoms with Crippen molar-refractivity contribution in [2.24, 2.45) is 7.05 Å². The average molecular weight is 243 g/mol. The van der Waals surface area contributed by atoms with Crippen LogP contribution in [-0.2, 0) is 7.05 Å². The molecule has 0 aliphatic carbocycles. The van der Waals surface area contributed by atoms with Crippen molar-refractivity contribution in [3.63, 3.8) is 0 Å². The Balaban J connectivity index is 2.59. The fraction of sp³-hybridized carbons (Fsp3) is 0.0833. The van der Waals surface area contributed by atoms with Gasteiger partial charge in [0.25, 0.3) is 5.56 Å². The van der Waals surface area contributed by atoms with E-state index in [-0.39, 0.29) is 11.1 Å². The second-order valence-corrected chi connectivity index (χ2v) is 4.02. The van der Waals surface area contributed by atoms with Crippen molar-refractivity contribution in [3.05, 3.63) is 46.6 Å². The zero-order chi connectivity index (χ0) is 12.9. The van der Waals surface area contributed by atoms with E-state index in [0.29, 0.717) is 16.6 Å². The number of carboxylic acids is 1. The molecule has 3 rings (SSSR count). The van der Waals surface area contributed by atoms with Gasteiger partial charge in [-0.15, -0.1) is 0 Å². The molecule has 18 heavy (non-hydrogen) atoms. The summed E-state index contributed by atoms with van der Waals surface area (Å²) >= 11 is 0. The number of fused-ring (bicyclic) bond motifs is 3. The molecule has 1 aromatic carbocycles. The van der Waals surface area contributed by atoms with E-state index in [2.05, 4.69) is 4.98 Å². The molecular weight excluding hydrogens is 234 g/mol. The summed E-state index contributed by atoms with van der Waals surface area (Å²) in [6, 6.07) is 4.64. The van der Waals surface area contributed by atoms with Crippen LogP contribution in [0.25, 0.3) is 16.6 Å². The van der Waals surface area contributed by atoms with Crippen LogP contribution in [0, 0.1) is 0 Å². The highest BCUT2D eigenvalue weighted by molar-refractivity contribution is 5.92. The highest BCUT2D eigenvalue weighted by Gasteiger charge is 2.11. The zero-order valence-electron chi connectivity index (χ0n) is 9.49. The number of hydrogen-bond donors (Lipinski definition) is 1. The second-order valence-electron chi connectivity index (χ2n) is 4.02. The maximum absolute atomic E-state index is 12.0. The number of nitrogens with zero attached hydrogens (tertiary/aromatic N) is 3. The fourth-order valence-electron chi connectivity index (χ4n) is 2.06. The molecule has 90 valence electrons. The number of hydrogen-bond acceptors (Lipinski definition) is 3. The normalized spacial score (nSPS) is 11.2. The van der Waals surface area contributed by atoms with E-state index in [1.165, 1.54) is 29.2 Å². The Bertz CT molecular complexity index is 845. The van der Waals surface area contributed by atoms with E-state index in [1.54, 1.807) is 17.5 Å². The molecule has 0 atom stereocenters. The van der Waals surface area contributed by atoms with Gasteiger partial charge >= 0.3 is 5.97 Å². The number of carboxylic acid groups (broad SMARTS) is 1. The average Bonchev–Trinajstić information content (AvgIpc) is 2.84. The smallest absolute Gasteiger partial charge is 0.335 e. The third-order valence-electron chi connectivity index (χ3n) is 3.01. The topological polar surface area (TPSA) is 76.6 Å². The summed E-state index contributed by atoms with van der Waals surface area (Å²) in [6.45, 7) is 0. The van der Waals surface area contributed by atoms with Crippen LogP contribution in [0.15, 0.2) is 35.5 Å². The minimum absolute atomic E-state index is 0.164. The van der Waals surface area contributed by atoms with E-state index >= 15 is 0 Å². The van der Waals surface area contributed by atoms with Gasteiger partial charge in [-0.05, 0) is 18.2 Å². The molecule has 3 aromatic rings. The minimum atomic E-state index is -1.00. The maximum Gasteiger partial charge on any atom is 0.335 e. The van der Waals surface area contributed by atoms with E-state index in [9.17, 15) is 9.59 Å². The first-order valence-corrected chi connectivity index (χ1v) is 5.27. The molecule has 0 amide bonds. The Morgan fingerprint density at radius 3 is 2.78 bits per heavy atom. The van der Waals surface area contributed by atoms with Crippen molar-refractivity contribution in [2.45, 2.75) is 0 Å². The molecular formula is C12H9N3O3. The van der Waals surface area contributed by atoms with Crippen molar-refractivity contribution in [1.82, 2.24) is 14.0 Å². The van der Waals surface area contributed by atoms with E-state index in [1.807, 2.05) is 0 Å². The molecule has 0 radical (unpaired) electrons. The van der Waals surface area contributed by atoms with Crippen LogP contribution in [0.5, 0.6) is 0 Å². The lowest BCUT2D eigenvalue weighted by Crippen LogP contribution is -2.19. The zero-order valence-corrected chi connectivity index (χ0v) is 9.49. The second kappa shape index (κ2) is 3.43. The van der Waals surface area contributed by atoms with E-state index < -0.39 is 5.97 Å². The van der Waals surface area contributed by atoms with Crippen LogP contribution < -0.4 is 5.56 Å². The molecule has 0 aliphatic rings. The molecule has 0 saturated carbocycles. The standard InChI is InChI=1S/C12H9N3O3/c1-14-8-3-2-7(12(17)18)4-9(8)15-6-13-5-10(15)11(14)16/h2-6H,1H3,(H,17,18). The molecule has 0 fully saturated rings.